The van der Waals surface area contributed by atoms with E-state index in [1.807, 2.05) is 0 Å². The summed E-state index contributed by atoms with van der Waals surface area (Å²) in [6, 6.07) is 44.0. The van der Waals surface area contributed by atoms with E-state index < -0.39 is 0 Å². The van der Waals surface area contributed by atoms with Crippen molar-refractivity contribution in [3.05, 3.63) is 161 Å². The van der Waals surface area contributed by atoms with Gasteiger partial charge in [-0.25, -0.2) is 0 Å². The van der Waals surface area contributed by atoms with Crippen LogP contribution in [0.5, 0.6) is 0 Å². The van der Waals surface area contributed by atoms with Crippen LogP contribution < -0.4 is 16.0 Å². The van der Waals surface area contributed by atoms with E-state index in [2.05, 4.69) is 154 Å². The Morgan fingerprint density at radius 3 is 1.89 bits per heavy atom. The van der Waals surface area contributed by atoms with Crippen molar-refractivity contribution in [3.8, 4) is 11.1 Å². The van der Waals surface area contributed by atoms with E-state index in [0.717, 1.165) is 19.3 Å². The van der Waals surface area contributed by atoms with Crippen molar-refractivity contribution in [2.45, 2.75) is 37.8 Å². The second-order valence-corrected chi connectivity index (χ2v) is 12.2. The van der Waals surface area contributed by atoms with E-state index in [-0.39, 0.29) is 18.5 Å². The lowest BCUT2D eigenvalue weighted by Gasteiger charge is -2.41. The molecule has 0 saturated carbocycles. The van der Waals surface area contributed by atoms with E-state index in [1.54, 1.807) is 0 Å². The summed E-state index contributed by atoms with van der Waals surface area (Å²) in [5.74, 6) is 0. The minimum Gasteiger partial charge on any atom is -0.313 e. The Morgan fingerprint density at radius 2 is 1.16 bits per heavy atom. The third kappa shape index (κ3) is 4.26. The third-order valence-electron chi connectivity index (χ3n) is 9.67. The molecule has 2 aliphatic carbocycles. The molecule has 6 aromatic rings. The lowest BCUT2D eigenvalue weighted by molar-refractivity contribution is 0.219. The monoisotopic (exact) mass is 570 g/mol. The van der Waals surface area contributed by atoms with Gasteiger partial charge in [-0.3, -0.25) is 16.0 Å². The Labute approximate surface area is 257 Å². The Bertz CT molecular complexity index is 2040. The van der Waals surface area contributed by atoms with Crippen LogP contribution in [0.4, 0.5) is 0 Å². The summed E-state index contributed by atoms with van der Waals surface area (Å²) in [6.07, 6.45) is 7.83. The second kappa shape index (κ2) is 10.5. The Morgan fingerprint density at radius 1 is 0.500 bits per heavy atom. The van der Waals surface area contributed by atoms with Crippen LogP contribution in [0.25, 0.3) is 38.6 Å². The van der Waals surface area contributed by atoms with Gasteiger partial charge in [0, 0.05) is 16.5 Å². The molecule has 44 heavy (non-hydrogen) atoms. The number of allylic oxidation sites excluding steroid dienone is 3. The van der Waals surface area contributed by atoms with Gasteiger partial charge in [-0.15, -0.1) is 0 Å². The fourth-order valence-electron chi connectivity index (χ4n) is 7.51. The van der Waals surface area contributed by atoms with Gasteiger partial charge in [0.05, 0.1) is 29.5 Å². The summed E-state index contributed by atoms with van der Waals surface area (Å²) in [5.41, 5.74) is 13.4. The number of nitrogens with zero attached hydrogens (tertiary/aromatic N) is 1. The smallest absolute Gasteiger partial charge is 0.0864 e. The highest BCUT2D eigenvalue weighted by Crippen LogP contribution is 2.43. The fourth-order valence-corrected chi connectivity index (χ4v) is 7.51. The lowest BCUT2D eigenvalue weighted by atomic mass is 9.97. The fraction of sp³-hybridized carbons (Fsp3) is 0.150. The highest BCUT2D eigenvalue weighted by molar-refractivity contribution is 6.12. The molecule has 0 radical (unpaired) electrons. The number of hydrogen-bond donors (Lipinski definition) is 3. The molecule has 2 heterocycles. The molecule has 3 N–H and O–H groups in total. The molecule has 2 unspecified atom stereocenters. The first-order chi connectivity index (χ1) is 21.8. The molecule has 5 aromatic carbocycles. The highest BCUT2D eigenvalue weighted by Gasteiger charge is 2.31. The highest BCUT2D eigenvalue weighted by atomic mass is 15.4. The molecule has 1 aromatic heterocycles. The van der Waals surface area contributed by atoms with Crippen LogP contribution in [-0.4, -0.2) is 10.7 Å². The molecular formula is C40H34N4. The van der Waals surface area contributed by atoms with Gasteiger partial charge in [-0.2, -0.15) is 0 Å². The number of nitrogens with one attached hydrogen (secondary N) is 3. The first kappa shape index (κ1) is 25.7. The lowest BCUT2D eigenvalue weighted by Crippen LogP contribution is -2.59. The maximum Gasteiger partial charge on any atom is 0.0864 e. The van der Waals surface area contributed by atoms with Gasteiger partial charge in [0.15, 0.2) is 0 Å². The summed E-state index contributed by atoms with van der Waals surface area (Å²) in [4.78, 5) is 0. The molecule has 0 amide bonds. The average molecular weight is 571 g/mol. The Hall–Kier alpha value is -4.74. The summed E-state index contributed by atoms with van der Waals surface area (Å²) < 4.78 is 2.52. The Balaban J connectivity index is 1.11. The summed E-state index contributed by atoms with van der Waals surface area (Å²) in [6.45, 7) is 0. The van der Waals surface area contributed by atoms with E-state index in [1.165, 1.54) is 66.5 Å². The molecule has 1 aliphatic heterocycles. The number of para-hydroxylation sites is 1. The van der Waals surface area contributed by atoms with E-state index >= 15 is 0 Å². The minimum absolute atomic E-state index is 0.0428. The first-order valence-electron chi connectivity index (χ1n) is 15.7. The minimum atomic E-state index is 0.0428. The van der Waals surface area contributed by atoms with Crippen molar-refractivity contribution >= 4 is 27.5 Å². The van der Waals surface area contributed by atoms with Gasteiger partial charge in [-0.1, -0.05) is 109 Å². The summed E-state index contributed by atoms with van der Waals surface area (Å²) in [7, 11) is 0. The molecule has 1 fully saturated rings. The van der Waals surface area contributed by atoms with Crippen molar-refractivity contribution in [2.75, 3.05) is 0 Å². The van der Waals surface area contributed by atoms with Crippen molar-refractivity contribution in [3.63, 3.8) is 0 Å². The van der Waals surface area contributed by atoms with E-state index in [0.29, 0.717) is 0 Å². The number of benzene rings is 5. The second-order valence-electron chi connectivity index (χ2n) is 12.2. The van der Waals surface area contributed by atoms with E-state index in [4.69, 9.17) is 0 Å². The molecule has 4 nitrogen and oxygen atoms in total. The molecule has 0 bridgehead atoms. The molecule has 2 atom stereocenters. The normalized spacial score (nSPS) is 21.1. The van der Waals surface area contributed by atoms with Crippen LogP contribution >= 0.6 is 0 Å². The number of aromatic nitrogens is 1. The third-order valence-corrected chi connectivity index (χ3v) is 9.67. The van der Waals surface area contributed by atoms with Gasteiger partial charge >= 0.3 is 0 Å². The van der Waals surface area contributed by atoms with Crippen LogP contribution in [0.1, 0.15) is 47.4 Å². The molecule has 4 heteroatoms. The van der Waals surface area contributed by atoms with Gasteiger partial charge in [0.25, 0.3) is 0 Å². The van der Waals surface area contributed by atoms with Gasteiger partial charge in [0.2, 0.25) is 0 Å². The predicted octanol–water partition coefficient (Wildman–Crippen LogP) is 8.43. The zero-order chi connectivity index (χ0) is 29.0. The maximum absolute atomic E-state index is 3.86. The first-order valence-corrected chi connectivity index (χ1v) is 15.7. The SMILES string of the molecule is C1=C(C2NC(c3ccccc3)NC(c3ccccc3)N2)CCC(n2c3ccccc3c3cc4c(cc32)-c2ccccc2C4)=C1. The summed E-state index contributed by atoms with van der Waals surface area (Å²) >= 11 is 0. The van der Waals surface area contributed by atoms with Crippen LogP contribution in [0, 0.1) is 0 Å². The molecule has 9 rings (SSSR count). The number of fused-ring (bicyclic) bond motifs is 6. The van der Waals surface area contributed by atoms with Gasteiger partial charge < -0.3 is 4.57 Å². The number of rotatable bonds is 4. The quantitative estimate of drug-likeness (QED) is 0.199. The number of hydrogen-bond acceptors (Lipinski definition) is 3. The predicted molar refractivity (Wildman–Crippen MR) is 181 cm³/mol. The van der Waals surface area contributed by atoms with Crippen molar-refractivity contribution in [2.24, 2.45) is 0 Å². The van der Waals surface area contributed by atoms with Crippen LogP contribution in [-0.2, 0) is 6.42 Å². The van der Waals surface area contributed by atoms with Gasteiger partial charge in [-0.05, 0) is 82.5 Å². The Kier molecular flexibility index (Phi) is 6.12. The van der Waals surface area contributed by atoms with Gasteiger partial charge in [0.1, 0.15) is 0 Å². The molecule has 1 saturated heterocycles. The van der Waals surface area contributed by atoms with Crippen LogP contribution in [0.3, 0.4) is 0 Å². The topological polar surface area (TPSA) is 41.0 Å². The van der Waals surface area contributed by atoms with Crippen molar-refractivity contribution in [1.29, 1.82) is 0 Å². The molecule has 0 spiro atoms. The molecule has 3 aliphatic rings. The van der Waals surface area contributed by atoms with Crippen molar-refractivity contribution < 1.29 is 0 Å². The van der Waals surface area contributed by atoms with Crippen molar-refractivity contribution in [1.82, 2.24) is 20.5 Å². The molecular weight excluding hydrogens is 536 g/mol. The largest absolute Gasteiger partial charge is 0.313 e. The van der Waals surface area contributed by atoms with Crippen LogP contribution in [0.2, 0.25) is 0 Å². The van der Waals surface area contributed by atoms with Crippen LogP contribution in [0.15, 0.2) is 139 Å². The average Bonchev–Trinajstić information content (AvgIpc) is 3.63. The molecule has 214 valence electrons. The summed E-state index contributed by atoms with van der Waals surface area (Å²) in [5, 5.41) is 14.2. The zero-order valence-electron chi connectivity index (χ0n) is 24.5. The zero-order valence-corrected chi connectivity index (χ0v) is 24.5. The maximum atomic E-state index is 3.86. The standard InChI is InChI=1S/C40H34N4/c1-3-11-26(12-4-1)38-41-39(27-13-5-2-6-14-27)43-40(42-38)28-19-21-31(22-20-28)44-36-18-10-9-17-33(36)35-24-30-23-29-15-7-8-16-32(29)34(30)25-37(35)44/h1-19,21,24-25,38-43H,20,22-23H2. The van der Waals surface area contributed by atoms with E-state index in [9.17, 15) is 0 Å².